The Balaban J connectivity index is 1.92. The molecule has 3 rings (SSSR count). The maximum Gasteiger partial charge on any atom is 0.204 e. The standard InChI is InChI=1S/C21H18O2S/c22-20(17-12-6-2-7-13-17)19(16-10-4-1-5-11-16)21(23)24-18-14-8-3-9-15-18/h1-15,19-20,22H/t19-,20+/m1/s1. The molecule has 0 fully saturated rings. The largest absolute Gasteiger partial charge is 0.387 e. The first-order chi connectivity index (χ1) is 11.8. The van der Waals surface area contributed by atoms with Crippen LogP contribution in [-0.2, 0) is 4.79 Å². The second-order valence-electron chi connectivity index (χ2n) is 5.48. The van der Waals surface area contributed by atoms with E-state index in [0.29, 0.717) is 0 Å². The third-order valence-electron chi connectivity index (χ3n) is 3.83. The Hall–Kier alpha value is -2.36. The van der Waals surface area contributed by atoms with Gasteiger partial charge in [-0.1, -0.05) is 90.6 Å². The second kappa shape index (κ2) is 7.95. The molecule has 2 nitrogen and oxygen atoms in total. The SMILES string of the molecule is O=C(Sc1ccccc1)[C@H](c1ccccc1)[C@@H](O)c1ccccc1. The monoisotopic (exact) mass is 334 g/mol. The van der Waals surface area contributed by atoms with Crippen molar-refractivity contribution in [2.24, 2.45) is 0 Å². The highest BCUT2D eigenvalue weighted by Gasteiger charge is 2.30. The van der Waals surface area contributed by atoms with Crippen LogP contribution >= 0.6 is 11.8 Å². The number of aliphatic hydroxyl groups is 1. The molecule has 2 atom stereocenters. The molecule has 120 valence electrons. The first kappa shape index (κ1) is 16.5. The first-order valence-electron chi connectivity index (χ1n) is 7.80. The summed E-state index contributed by atoms with van der Waals surface area (Å²) in [6, 6.07) is 28.3. The van der Waals surface area contributed by atoms with E-state index in [1.165, 1.54) is 11.8 Å². The quantitative estimate of drug-likeness (QED) is 0.680. The van der Waals surface area contributed by atoms with E-state index in [1.54, 1.807) is 0 Å². The molecule has 0 bridgehead atoms. The van der Waals surface area contributed by atoms with Gasteiger partial charge in [0.05, 0.1) is 12.0 Å². The normalized spacial score (nSPS) is 13.2. The maximum atomic E-state index is 12.9. The van der Waals surface area contributed by atoms with Crippen molar-refractivity contribution < 1.29 is 9.90 Å². The average Bonchev–Trinajstić information content (AvgIpc) is 2.64. The highest BCUT2D eigenvalue weighted by molar-refractivity contribution is 8.13. The van der Waals surface area contributed by atoms with Gasteiger partial charge in [0.25, 0.3) is 0 Å². The van der Waals surface area contributed by atoms with E-state index in [4.69, 9.17) is 0 Å². The Labute approximate surface area is 146 Å². The number of carbonyl (C=O) groups is 1. The lowest BCUT2D eigenvalue weighted by molar-refractivity contribution is -0.114. The Morgan fingerprint density at radius 1 is 0.708 bits per heavy atom. The minimum atomic E-state index is -0.877. The average molecular weight is 334 g/mol. The summed E-state index contributed by atoms with van der Waals surface area (Å²) in [5.74, 6) is -0.612. The van der Waals surface area contributed by atoms with Crippen LogP contribution in [0.15, 0.2) is 95.9 Å². The number of rotatable bonds is 5. The van der Waals surface area contributed by atoms with Gasteiger partial charge < -0.3 is 5.11 Å². The van der Waals surface area contributed by atoms with E-state index in [9.17, 15) is 9.90 Å². The maximum absolute atomic E-state index is 12.9. The third-order valence-corrected chi connectivity index (χ3v) is 4.79. The zero-order chi connectivity index (χ0) is 16.8. The van der Waals surface area contributed by atoms with Crippen molar-refractivity contribution in [1.82, 2.24) is 0 Å². The Morgan fingerprint density at radius 3 is 1.71 bits per heavy atom. The molecular formula is C21H18O2S. The summed E-state index contributed by atoms with van der Waals surface area (Å²) in [5.41, 5.74) is 1.57. The minimum absolute atomic E-state index is 0.0660. The minimum Gasteiger partial charge on any atom is -0.387 e. The first-order valence-corrected chi connectivity index (χ1v) is 8.62. The molecule has 0 aliphatic carbocycles. The number of hydrogen-bond donors (Lipinski definition) is 1. The van der Waals surface area contributed by atoms with Gasteiger partial charge in [-0.05, 0) is 23.3 Å². The van der Waals surface area contributed by atoms with Crippen molar-refractivity contribution in [3.05, 3.63) is 102 Å². The van der Waals surface area contributed by atoms with E-state index >= 15 is 0 Å². The molecule has 3 aromatic rings. The molecule has 0 heterocycles. The van der Waals surface area contributed by atoms with Crippen LogP contribution in [0.1, 0.15) is 23.1 Å². The zero-order valence-corrected chi connectivity index (χ0v) is 13.9. The van der Waals surface area contributed by atoms with Crippen molar-refractivity contribution in [2.75, 3.05) is 0 Å². The van der Waals surface area contributed by atoms with Gasteiger partial charge in [-0.2, -0.15) is 0 Å². The zero-order valence-electron chi connectivity index (χ0n) is 13.1. The van der Waals surface area contributed by atoms with Gasteiger partial charge in [0.1, 0.15) is 0 Å². The molecule has 3 aromatic carbocycles. The lowest BCUT2D eigenvalue weighted by atomic mass is 9.90. The smallest absolute Gasteiger partial charge is 0.204 e. The van der Waals surface area contributed by atoms with E-state index in [-0.39, 0.29) is 5.12 Å². The summed E-state index contributed by atoms with van der Waals surface area (Å²) < 4.78 is 0. The topological polar surface area (TPSA) is 37.3 Å². The number of benzene rings is 3. The van der Waals surface area contributed by atoms with Crippen LogP contribution in [0.2, 0.25) is 0 Å². The molecule has 24 heavy (non-hydrogen) atoms. The number of thioether (sulfide) groups is 1. The van der Waals surface area contributed by atoms with E-state index < -0.39 is 12.0 Å². The number of hydrogen-bond acceptors (Lipinski definition) is 3. The van der Waals surface area contributed by atoms with Gasteiger partial charge in [0, 0.05) is 4.90 Å². The van der Waals surface area contributed by atoms with Gasteiger partial charge in [0.15, 0.2) is 0 Å². The predicted octanol–water partition coefficient (Wildman–Crippen LogP) is 4.82. The van der Waals surface area contributed by atoms with E-state index in [0.717, 1.165) is 16.0 Å². The summed E-state index contributed by atoms with van der Waals surface area (Å²) in [6.45, 7) is 0. The van der Waals surface area contributed by atoms with Crippen molar-refractivity contribution >= 4 is 16.9 Å². The fourth-order valence-corrected chi connectivity index (χ4v) is 3.54. The van der Waals surface area contributed by atoms with Gasteiger partial charge >= 0.3 is 0 Å². The van der Waals surface area contributed by atoms with Crippen LogP contribution in [0, 0.1) is 0 Å². The molecule has 1 N–H and O–H groups in total. The number of carbonyl (C=O) groups excluding carboxylic acids is 1. The predicted molar refractivity (Wildman–Crippen MR) is 97.9 cm³/mol. The summed E-state index contributed by atoms with van der Waals surface area (Å²) in [6.07, 6.45) is -0.877. The Bertz CT molecular complexity index is 773. The molecular weight excluding hydrogens is 316 g/mol. The van der Waals surface area contributed by atoms with Crippen LogP contribution in [-0.4, -0.2) is 10.2 Å². The van der Waals surface area contributed by atoms with E-state index in [2.05, 4.69) is 0 Å². The lowest BCUT2D eigenvalue weighted by Gasteiger charge is -2.22. The second-order valence-corrected chi connectivity index (χ2v) is 6.56. The fraction of sp³-hybridized carbons (Fsp3) is 0.0952. The highest BCUT2D eigenvalue weighted by Crippen LogP contribution is 2.37. The third kappa shape index (κ3) is 3.94. The Kier molecular flexibility index (Phi) is 5.47. The van der Waals surface area contributed by atoms with Crippen molar-refractivity contribution in [3.8, 4) is 0 Å². The van der Waals surface area contributed by atoms with Gasteiger partial charge in [-0.3, -0.25) is 4.79 Å². The van der Waals surface area contributed by atoms with Gasteiger partial charge in [-0.15, -0.1) is 0 Å². The molecule has 0 saturated heterocycles. The van der Waals surface area contributed by atoms with Crippen LogP contribution < -0.4 is 0 Å². The van der Waals surface area contributed by atoms with Crippen molar-refractivity contribution in [3.63, 3.8) is 0 Å². The fourth-order valence-electron chi connectivity index (χ4n) is 2.62. The van der Waals surface area contributed by atoms with Crippen molar-refractivity contribution in [2.45, 2.75) is 16.9 Å². The molecule has 0 spiro atoms. The summed E-state index contributed by atoms with van der Waals surface area (Å²) in [4.78, 5) is 13.8. The molecule has 3 heteroatoms. The molecule has 0 aliphatic rings. The van der Waals surface area contributed by atoms with E-state index in [1.807, 2.05) is 91.0 Å². The molecule has 0 unspecified atom stereocenters. The van der Waals surface area contributed by atoms with Crippen LogP contribution in [0.4, 0.5) is 0 Å². The van der Waals surface area contributed by atoms with Crippen molar-refractivity contribution in [1.29, 1.82) is 0 Å². The molecule has 0 radical (unpaired) electrons. The summed E-state index contributed by atoms with van der Waals surface area (Å²) in [7, 11) is 0. The molecule has 0 amide bonds. The van der Waals surface area contributed by atoms with Crippen LogP contribution in [0.3, 0.4) is 0 Å². The molecule has 0 aromatic heterocycles. The molecule has 0 saturated carbocycles. The molecule has 0 aliphatic heterocycles. The Morgan fingerprint density at radius 2 is 1.17 bits per heavy atom. The van der Waals surface area contributed by atoms with Crippen LogP contribution in [0.25, 0.3) is 0 Å². The summed E-state index contributed by atoms with van der Waals surface area (Å²) in [5, 5.41) is 10.8. The number of aliphatic hydroxyl groups excluding tert-OH is 1. The highest BCUT2D eigenvalue weighted by atomic mass is 32.2. The van der Waals surface area contributed by atoms with Gasteiger partial charge in [0.2, 0.25) is 5.12 Å². The summed E-state index contributed by atoms with van der Waals surface area (Å²) >= 11 is 1.17. The van der Waals surface area contributed by atoms with Crippen LogP contribution in [0.5, 0.6) is 0 Å². The lowest BCUT2D eigenvalue weighted by Crippen LogP contribution is -2.18. The van der Waals surface area contributed by atoms with Gasteiger partial charge in [-0.25, -0.2) is 0 Å².